The van der Waals surface area contributed by atoms with Crippen molar-refractivity contribution in [3.8, 4) is 0 Å². The lowest BCUT2D eigenvalue weighted by molar-refractivity contribution is -0.115. The van der Waals surface area contributed by atoms with Gasteiger partial charge in [-0.25, -0.2) is 0 Å². The molecule has 0 aliphatic rings. The molecular formula is C17H20N2O5S. The maximum atomic E-state index is 10.6. The fraction of sp³-hybridized carbons (Fsp3) is 0.176. The summed E-state index contributed by atoms with van der Waals surface area (Å²) in [6.45, 7) is 4.86. The molecule has 2 aromatic carbocycles. The van der Waals surface area contributed by atoms with Crippen LogP contribution in [0.15, 0.2) is 53.4 Å². The van der Waals surface area contributed by atoms with Gasteiger partial charge in [-0.05, 0) is 43.3 Å². The average molecular weight is 364 g/mol. The zero-order valence-corrected chi connectivity index (χ0v) is 14.9. The van der Waals surface area contributed by atoms with Gasteiger partial charge in [0, 0.05) is 25.2 Å². The first-order valence-corrected chi connectivity index (χ1v) is 8.71. The molecule has 0 unspecified atom stereocenters. The van der Waals surface area contributed by atoms with Crippen LogP contribution in [-0.4, -0.2) is 24.8 Å². The first-order valence-electron chi connectivity index (χ1n) is 7.27. The van der Waals surface area contributed by atoms with Gasteiger partial charge in [0.25, 0.3) is 10.1 Å². The van der Waals surface area contributed by atoms with Crippen molar-refractivity contribution in [2.75, 3.05) is 10.6 Å². The van der Waals surface area contributed by atoms with Gasteiger partial charge in [-0.2, -0.15) is 8.42 Å². The van der Waals surface area contributed by atoms with Gasteiger partial charge in [-0.1, -0.05) is 17.7 Å². The molecule has 25 heavy (non-hydrogen) atoms. The summed E-state index contributed by atoms with van der Waals surface area (Å²) in [5, 5.41) is 5.16. The summed E-state index contributed by atoms with van der Waals surface area (Å²) in [4.78, 5) is 21.0. The summed E-state index contributed by atoms with van der Waals surface area (Å²) in [6, 6.07) is 12.9. The van der Waals surface area contributed by atoms with Crippen molar-refractivity contribution in [2.24, 2.45) is 0 Å². The van der Waals surface area contributed by atoms with Crippen molar-refractivity contribution in [1.82, 2.24) is 0 Å². The lowest BCUT2D eigenvalue weighted by Gasteiger charge is -2.01. The summed E-state index contributed by atoms with van der Waals surface area (Å²) >= 11 is 0. The van der Waals surface area contributed by atoms with Gasteiger partial charge in [0.2, 0.25) is 11.8 Å². The van der Waals surface area contributed by atoms with Crippen LogP contribution < -0.4 is 10.6 Å². The summed E-state index contributed by atoms with van der Waals surface area (Å²) in [6.07, 6.45) is 0. The van der Waals surface area contributed by atoms with Gasteiger partial charge in [-0.15, -0.1) is 0 Å². The number of hydrogen-bond donors (Lipinski definition) is 3. The molecule has 0 aliphatic heterocycles. The van der Waals surface area contributed by atoms with Crippen molar-refractivity contribution in [1.29, 1.82) is 0 Å². The Kier molecular flexibility index (Phi) is 7.28. The Balaban J connectivity index is 0.000000257. The predicted molar refractivity (Wildman–Crippen MR) is 96.0 cm³/mol. The van der Waals surface area contributed by atoms with Crippen LogP contribution in [-0.2, 0) is 19.7 Å². The van der Waals surface area contributed by atoms with E-state index in [1.165, 1.54) is 43.7 Å². The van der Waals surface area contributed by atoms with E-state index < -0.39 is 10.1 Å². The molecule has 134 valence electrons. The molecule has 2 amide bonds. The van der Waals surface area contributed by atoms with Gasteiger partial charge in [0.05, 0.1) is 4.90 Å². The molecule has 8 heteroatoms. The van der Waals surface area contributed by atoms with Gasteiger partial charge in [-0.3, -0.25) is 14.1 Å². The second-order valence-electron chi connectivity index (χ2n) is 5.23. The summed E-state index contributed by atoms with van der Waals surface area (Å²) in [5.41, 5.74) is 2.52. The average Bonchev–Trinajstić information content (AvgIpc) is 2.49. The highest BCUT2D eigenvalue weighted by molar-refractivity contribution is 7.85. The number of carbonyl (C=O) groups excluding carboxylic acids is 2. The molecule has 0 radical (unpaired) electrons. The van der Waals surface area contributed by atoms with Crippen LogP contribution in [0.2, 0.25) is 0 Å². The van der Waals surface area contributed by atoms with E-state index in [1.54, 1.807) is 0 Å². The number of anilines is 2. The van der Waals surface area contributed by atoms with Crippen LogP contribution in [0.5, 0.6) is 0 Å². The van der Waals surface area contributed by atoms with Crippen molar-refractivity contribution < 1.29 is 22.6 Å². The summed E-state index contributed by atoms with van der Waals surface area (Å²) in [5.74, 6) is -0.279. The minimum atomic E-state index is -4.16. The van der Waals surface area contributed by atoms with Crippen LogP contribution >= 0.6 is 0 Å². The van der Waals surface area contributed by atoms with Crippen LogP contribution in [0.3, 0.4) is 0 Å². The molecule has 3 N–H and O–H groups in total. The number of nitrogens with one attached hydrogen (secondary N) is 2. The predicted octanol–water partition coefficient (Wildman–Crippen LogP) is 2.85. The molecular weight excluding hydrogens is 344 g/mol. The van der Waals surface area contributed by atoms with Gasteiger partial charge in [0.1, 0.15) is 0 Å². The first-order chi connectivity index (χ1) is 11.6. The molecule has 0 aromatic heterocycles. The van der Waals surface area contributed by atoms with E-state index in [0.717, 1.165) is 5.69 Å². The van der Waals surface area contributed by atoms with Crippen LogP contribution in [0.4, 0.5) is 11.4 Å². The molecule has 2 aromatic rings. The van der Waals surface area contributed by atoms with Crippen LogP contribution in [0, 0.1) is 6.92 Å². The quantitative estimate of drug-likeness (QED) is 0.725. The van der Waals surface area contributed by atoms with Crippen LogP contribution in [0.1, 0.15) is 19.4 Å². The number of hydrogen-bond acceptors (Lipinski definition) is 4. The summed E-state index contributed by atoms with van der Waals surface area (Å²) in [7, 11) is -4.16. The largest absolute Gasteiger partial charge is 0.326 e. The van der Waals surface area contributed by atoms with E-state index in [0.29, 0.717) is 5.69 Å². The van der Waals surface area contributed by atoms with E-state index in [-0.39, 0.29) is 16.7 Å². The molecule has 0 atom stereocenters. The minimum absolute atomic E-state index is 0.0335. The van der Waals surface area contributed by atoms with Gasteiger partial charge >= 0.3 is 0 Å². The highest BCUT2D eigenvalue weighted by Crippen LogP contribution is 2.13. The lowest BCUT2D eigenvalue weighted by atomic mass is 10.2. The molecule has 0 fully saturated rings. The molecule has 0 bridgehead atoms. The monoisotopic (exact) mass is 364 g/mol. The Morgan fingerprint density at radius 3 is 1.48 bits per heavy atom. The molecule has 0 saturated carbocycles. The summed E-state index contributed by atoms with van der Waals surface area (Å²) < 4.78 is 29.9. The lowest BCUT2D eigenvalue weighted by Crippen LogP contribution is -2.06. The number of benzene rings is 2. The molecule has 0 saturated heterocycles. The Bertz CT molecular complexity index is 828. The second kappa shape index (κ2) is 8.95. The molecule has 0 aliphatic carbocycles. The van der Waals surface area contributed by atoms with E-state index in [1.807, 2.05) is 31.2 Å². The van der Waals surface area contributed by atoms with E-state index >= 15 is 0 Å². The maximum Gasteiger partial charge on any atom is 0.294 e. The Morgan fingerprint density at radius 2 is 1.16 bits per heavy atom. The topological polar surface area (TPSA) is 113 Å². The molecule has 0 spiro atoms. The fourth-order valence-corrected chi connectivity index (χ4v) is 2.23. The van der Waals surface area contributed by atoms with Gasteiger partial charge in [0.15, 0.2) is 0 Å². The number of rotatable bonds is 3. The third-order valence-electron chi connectivity index (χ3n) is 2.84. The third-order valence-corrected chi connectivity index (χ3v) is 3.71. The van der Waals surface area contributed by atoms with E-state index in [9.17, 15) is 18.0 Å². The molecule has 2 rings (SSSR count). The standard InChI is InChI=1S/C9H11NO.C8H9NO4S/c1-7-3-5-9(6-4-7)10-8(2)11;1-6(10)9-7-2-4-8(5-3-7)14(11,12)13/h3-6H,1-2H3,(H,10,11);2-5H,1H3,(H,9,10)(H,11,12,13). The smallest absolute Gasteiger partial charge is 0.294 e. The molecule has 0 heterocycles. The van der Waals surface area contributed by atoms with Crippen molar-refractivity contribution in [3.05, 3.63) is 54.1 Å². The molecule has 7 nitrogen and oxygen atoms in total. The van der Waals surface area contributed by atoms with Gasteiger partial charge < -0.3 is 10.6 Å². The highest BCUT2D eigenvalue weighted by atomic mass is 32.2. The van der Waals surface area contributed by atoms with Crippen molar-refractivity contribution >= 4 is 33.3 Å². The fourth-order valence-electron chi connectivity index (χ4n) is 1.75. The Morgan fingerprint density at radius 1 is 0.800 bits per heavy atom. The second-order valence-corrected chi connectivity index (χ2v) is 6.65. The Labute approximate surface area is 146 Å². The third kappa shape index (κ3) is 8.09. The van der Waals surface area contributed by atoms with E-state index in [4.69, 9.17) is 4.55 Å². The zero-order valence-electron chi connectivity index (χ0n) is 14.1. The zero-order chi connectivity index (χ0) is 19.0. The van der Waals surface area contributed by atoms with E-state index in [2.05, 4.69) is 10.6 Å². The van der Waals surface area contributed by atoms with Crippen molar-refractivity contribution in [2.45, 2.75) is 25.7 Å². The Hall–Kier alpha value is -2.71. The number of carbonyl (C=O) groups is 2. The normalized spacial score (nSPS) is 10.2. The van der Waals surface area contributed by atoms with Crippen LogP contribution in [0.25, 0.3) is 0 Å². The number of amides is 2. The highest BCUT2D eigenvalue weighted by Gasteiger charge is 2.08. The first kappa shape index (κ1) is 20.3. The maximum absolute atomic E-state index is 10.6. The minimum Gasteiger partial charge on any atom is -0.326 e. The SMILES string of the molecule is CC(=O)Nc1ccc(C)cc1.CC(=O)Nc1ccc(S(=O)(=O)O)cc1. The van der Waals surface area contributed by atoms with Crippen molar-refractivity contribution in [3.63, 3.8) is 0 Å². The number of aryl methyl sites for hydroxylation is 1.